The maximum absolute atomic E-state index is 12.6. The summed E-state index contributed by atoms with van der Waals surface area (Å²) in [5.74, 6) is 1.08. The number of carbonyl (C=O) groups excluding carboxylic acids is 1. The van der Waals surface area contributed by atoms with Gasteiger partial charge in [-0.2, -0.15) is 4.31 Å². The van der Waals surface area contributed by atoms with Crippen LogP contribution in [0.5, 0.6) is 11.5 Å². The van der Waals surface area contributed by atoms with E-state index in [1.54, 1.807) is 16.3 Å². The van der Waals surface area contributed by atoms with Crippen LogP contribution in [0.2, 0.25) is 0 Å². The molecule has 2 aromatic rings. The van der Waals surface area contributed by atoms with E-state index in [0.29, 0.717) is 24.6 Å². The molecule has 0 bridgehead atoms. The van der Waals surface area contributed by atoms with Crippen LogP contribution in [-0.2, 0) is 21.4 Å². The molecule has 0 saturated carbocycles. The largest absolute Gasteiger partial charge is 0.454 e. The number of benzene rings is 1. The first-order chi connectivity index (χ1) is 12.4. The predicted molar refractivity (Wildman–Crippen MR) is 97.8 cm³/mol. The molecule has 0 unspecified atom stereocenters. The Morgan fingerprint density at radius 1 is 1.23 bits per heavy atom. The van der Waals surface area contributed by atoms with Crippen molar-refractivity contribution in [2.75, 3.05) is 26.9 Å². The van der Waals surface area contributed by atoms with E-state index in [0.717, 1.165) is 21.2 Å². The predicted octanol–water partition coefficient (Wildman–Crippen LogP) is 2.15. The number of hydrogen-bond donors (Lipinski definition) is 0. The number of likely N-dealkylation sites (N-methyl/N-ethyl adjacent to an activating group) is 2. The fourth-order valence-electron chi connectivity index (χ4n) is 2.58. The van der Waals surface area contributed by atoms with E-state index in [9.17, 15) is 13.2 Å². The highest BCUT2D eigenvalue weighted by Crippen LogP contribution is 2.32. The minimum absolute atomic E-state index is 0.195. The molecule has 1 aliphatic rings. The fourth-order valence-corrected chi connectivity index (χ4v) is 4.90. The van der Waals surface area contributed by atoms with Gasteiger partial charge in [0.25, 0.3) is 10.0 Å². The number of carbonyl (C=O) groups is 1. The zero-order valence-electron chi connectivity index (χ0n) is 14.5. The summed E-state index contributed by atoms with van der Waals surface area (Å²) in [7, 11) is -2.23. The molecule has 0 spiro atoms. The van der Waals surface area contributed by atoms with Crippen LogP contribution in [0, 0.1) is 0 Å². The average molecular weight is 396 g/mol. The van der Waals surface area contributed by atoms with Gasteiger partial charge in [0.2, 0.25) is 12.7 Å². The first-order valence-electron chi connectivity index (χ1n) is 8.08. The molecule has 7 nitrogen and oxygen atoms in total. The third kappa shape index (κ3) is 3.84. The van der Waals surface area contributed by atoms with Gasteiger partial charge in [0.15, 0.2) is 11.5 Å². The van der Waals surface area contributed by atoms with Gasteiger partial charge in [0.1, 0.15) is 4.21 Å². The number of fused-ring (bicyclic) bond motifs is 1. The molecule has 0 aliphatic carbocycles. The molecule has 0 N–H and O–H groups in total. The number of hydrogen-bond acceptors (Lipinski definition) is 6. The summed E-state index contributed by atoms with van der Waals surface area (Å²) < 4.78 is 36.9. The highest BCUT2D eigenvalue weighted by Gasteiger charge is 2.26. The monoisotopic (exact) mass is 396 g/mol. The van der Waals surface area contributed by atoms with Gasteiger partial charge in [0, 0.05) is 20.1 Å². The number of thiophene rings is 1. The normalized spacial score (nSPS) is 13.2. The van der Waals surface area contributed by atoms with Crippen LogP contribution in [0.25, 0.3) is 0 Å². The first kappa shape index (κ1) is 18.7. The first-order valence-corrected chi connectivity index (χ1v) is 10.4. The lowest BCUT2D eigenvalue weighted by atomic mass is 10.2. The second-order valence-electron chi connectivity index (χ2n) is 5.79. The molecule has 1 aliphatic heterocycles. The molecule has 0 saturated heterocycles. The van der Waals surface area contributed by atoms with Gasteiger partial charge in [-0.15, -0.1) is 11.3 Å². The van der Waals surface area contributed by atoms with E-state index < -0.39 is 10.0 Å². The Morgan fingerprint density at radius 3 is 2.69 bits per heavy atom. The van der Waals surface area contributed by atoms with E-state index in [2.05, 4.69) is 0 Å². The van der Waals surface area contributed by atoms with Crippen molar-refractivity contribution in [1.29, 1.82) is 0 Å². The maximum atomic E-state index is 12.6. The number of ether oxygens (including phenoxy) is 2. The number of amides is 1. The smallest absolute Gasteiger partial charge is 0.252 e. The lowest BCUT2D eigenvalue weighted by Crippen LogP contribution is -2.40. The average Bonchev–Trinajstić information content (AvgIpc) is 3.30. The lowest BCUT2D eigenvalue weighted by Gasteiger charge is -2.24. The second kappa shape index (κ2) is 7.65. The number of rotatable bonds is 7. The quantitative estimate of drug-likeness (QED) is 0.717. The standard InChI is InChI=1S/C17H20N2O5S2/c1-3-19(10-13-6-7-14-15(9-13)24-12-23-14)16(20)11-18(2)26(21,22)17-5-4-8-25-17/h4-9H,3,10-12H2,1-2H3. The van der Waals surface area contributed by atoms with Crippen molar-refractivity contribution in [3.05, 3.63) is 41.3 Å². The Bertz CT molecular complexity index is 881. The summed E-state index contributed by atoms with van der Waals surface area (Å²) in [6.07, 6.45) is 0. The topological polar surface area (TPSA) is 76.2 Å². The van der Waals surface area contributed by atoms with Gasteiger partial charge in [-0.1, -0.05) is 12.1 Å². The zero-order chi connectivity index (χ0) is 18.7. The van der Waals surface area contributed by atoms with Crippen LogP contribution in [0.3, 0.4) is 0 Å². The molecule has 0 fully saturated rings. The number of sulfonamides is 1. The van der Waals surface area contributed by atoms with Gasteiger partial charge >= 0.3 is 0 Å². The molecular formula is C17H20N2O5S2. The maximum Gasteiger partial charge on any atom is 0.252 e. The van der Waals surface area contributed by atoms with E-state index in [1.165, 1.54) is 13.1 Å². The molecule has 9 heteroatoms. The van der Waals surface area contributed by atoms with Crippen molar-refractivity contribution < 1.29 is 22.7 Å². The second-order valence-corrected chi connectivity index (χ2v) is 9.01. The van der Waals surface area contributed by atoms with Crippen molar-refractivity contribution in [2.24, 2.45) is 0 Å². The van der Waals surface area contributed by atoms with Crippen LogP contribution in [-0.4, -0.2) is 50.5 Å². The highest BCUT2D eigenvalue weighted by atomic mass is 32.2. The fraction of sp³-hybridized carbons (Fsp3) is 0.353. The molecule has 140 valence electrons. The molecule has 2 heterocycles. The molecule has 3 rings (SSSR count). The van der Waals surface area contributed by atoms with E-state index in [-0.39, 0.29) is 23.5 Å². The van der Waals surface area contributed by atoms with Crippen LogP contribution in [0.15, 0.2) is 39.9 Å². The Morgan fingerprint density at radius 2 is 2.00 bits per heavy atom. The van der Waals surface area contributed by atoms with Gasteiger partial charge in [0.05, 0.1) is 6.54 Å². The minimum atomic E-state index is -3.65. The number of nitrogens with zero attached hydrogens (tertiary/aromatic N) is 2. The highest BCUT2D eigenvalue weighted by molar-refractivity contribution is 7.91. The molecule has 26 heavy (non-hydrogen) atoms. The van der Waals surface area contributed by atoms with Crippen LogP contribution < -0.4 is 9.47 Å². The summed E-state index contributed by atoms with van der Waals surface area (Å²) in [5.41, 5.74) is 0.896. The Kier molecular flexibility index (Phi) is 5.49. The van der Waals surface area contributed by atoms with Gasteiger partial charge in [-0.25, -0.2) is 8.42 Å². The molecular weight excluding hydrogens is 376 g/mol. The third-order valence-corrected chi connectivity index (χ3v) is 7.24. The zero-order valence-corrected chi connectivity index (χ0v) is 16.2. The van der Waals surface area contributed by atoms with E-state index >= 15 is 0 Å². The van der Waals surface area contributed by atoms with Crippen molar-refractivity contribution in [2.45, 2.75) is 17.7 Å². The van der Waals surface area contributed by atoms with Crippen molar-refractivity contribution in [3.8, 4) is 11.5 Å². The molecule has 1 amide bonds. The Balaban J connectivity index is 1.67. The van der Waals surface area contributed by atoms with Crippen molar-refractivity contribution in [1.82, 2.24) is 9.21 Å². The molecule has 0 radical (unpaired) electrons. The molecule has 1 aromatic heterocycles. The molecule has 1 aromatic carbocycles. The molecule has 0 atom stereocenters. The summed E-state index contributed by atoms with van der Waals surface area (Å²) in [6, 6.07) is 8.72. The van der Waals surface area contributed by atoms with Gasteiger partial charge in [-0.3, -0.25) is 4.79 Å². The van der Waals surface area contributed by atoms with E-state index in [1.807, 2.05) is 25.1 Å². The van der Waals surface area contributed by atoms with E-state index in [4.69, 9.17) is 9.47 Å². The third-order valence-electron chi connectivity index (χ3n) is 4.06. The van der Waals surface area contributed by atoms with Gasteiger partial charge in [-0.05, 0) is 36.1 Å². The lowest BCUT2D eigenvalue weighted by molar-refractivity contribution is -0.131. The van der Waals surface area contributed by atoms with Crippen LogP contribution in [0.4, 0.5) is 0 Å². The van der Waals surface area contributed by atoms with Crippen LogP contribution >= 0.6 is 11.3 Å². The minimum Gasteiger partial charge on any atom is -0.454 e. The summed E-state index contributed by atoms with van der Waals surface area (Å²) in [5, 5.41) is 1.69. The Labute approximate surface area is 156 Å². The van der Waals surface area contributed by atoms with Crippen molar-refractivity contribution >= 4 is 27.3 Å². The van der Waals surface area contributed by atoms with Crippen molar-refractivity contribution in [3.63, 3.8) is 0 Å². The van der Waals surface area contributed by atoms with Gasteiger partial charge < -0.3 is 14.4 Å². The Hall–Kier alpha value is -2.10. The summed E-state index contributed by atoms with van der Waals surface area (Å²) >= 11 is 1.13. The SMILES string of the molecule is CCN(Cc1ccc2c(c1)OCO2)C(=O)CN(C)S(=O)(=O)c1cccs1. The van der Waals surface area contributed by atoms with Crippen LogP contribution in [0.1, 0.15) is 12.5 Å². The summed E-state index contributed by atoms with van der Waals surface area (Å²) in [4.78, 5) is 14.2. The summed E-state index contributed by atoms with van der Waals surface area (Å²) in [6.45, 7) is 2.69.